The first-order valence-electron chi connectivity index (χ1n) is 7.90. The highest BCUT2D eigenvalue weighted by Gasteiger charge is 2.37. The Labute approximate surface area is 132 Å². The first kappa shape index (κ1) is 18.3. The Morgan fingerprint density at radius 1 is 1.24 bits per heavy atom. The minimum atomic E-state index is -0.775. The van der Waals surface area contributed by atoms with Crippen LogP contribution >= 0.6 is 11.8 Å². The normalized spacial score (nSPS) is 19.0. The molecule has 122 valence electrons. The first-order chi connectivity index (χ1) is 9.94. The van der Waals surface area contributed by atoms with Gasteiger partial charge in [0.05, 0.1) is 6.42 Å². The highest BCUT2D eigenvalue weighted by atomic mass is 32.2. The maximum Gasteiger partial charge on any atom is 0.303 e. The van der Waals surface area contributed by atoms with E-state index in [1.165, 1.54) is 0 Å². The predicted octanol–water partition coefficient (Wildman–Crippen LogP) is 3.40. The highest BCUT2D eigenvalue weighted by molar-refractivity contribution is 7.98. The number of aliphatic carboxylic acids is 1. The van der Waals surface area contributed by atoms with Gasteiger partial charge in [-0.25, -0.2) is 0 Å². The number of hydrogen-bond donors (Lipinski definition) is 1. The van der Waals surface area contributed by atoms with Crippen LogP contribution in [0.2, 0.25) is 0 Å². The molecule has 5 heteroatoms. The van der Waals surface area contributed by atoms with Crippen molar-refractivity contribution >= 4 is 23.6 Å². The van der Waals surface area contributed by atoms with Crippen molar-refractivity contribution in [2.75, 3.05) is 19.1 Å². The van der Waals surface area contributed by atoms with Crippen molar-refractivity contribution in [1.82, 2.24) is 4.90 Å². The van der Waals surface area contributed by atoms with Crippen molar-refractivity contribution in [3.63, 3.8) is 0 Å². The van der Waals surface area contributed by atoms with Gasteiger partial charge in [0.15, 0.2) is 0 Å². The fourth-order valence-electron chi connectivity index (χ4n) is 3.38. The number of thioether (sulfide) groups is 1. The maximum atomic E-state index is 12.6. The van der Waals surface area contributed by atoms with Crippen molar-refractivity contribution in [3.05, 3.63) is 0 Å². The monoisotopic (exact) mass is 315 g/mol. The standard InChI is InChI=1S/C16H29NO3S/c1-4-13(12-21-3)17(2)14(18)10-16(11-15(19)20)8-6-5-7-9-16/h13H,4-12H2,1-3H3,(H,19,20). The molecule has 0 heterocycles. The van der Waals surface area contributed by atoms with Crippen LogP contribution in [0.15, 0.2) is 0 Å². The second-order valence-corrected chi connectivity index (χ2v) is 7.24. The molecular weight excluding hydrogens is 286 g/mol. The Kier molecular flexibility index (Phi) is 7.57. The molecule has 0 radical (unpaired) electrons. The largest absolute Gasteiger partial charge is 0.481 e. The van der Waals surface area contributed by atoms with Gasteiger partial charge in [-0.05, 0) is 30.9 Å². The molecule has 0 spiro atoms. The average molecular weight is 315 g/mol. The number of nitrogens with zero attached hydrogens (tertiary/aromatic N) is 1. The molecule has 21 heavy (non-hydrogen) atoms. The summed E-state index contributed by atoms with van der Waals surface area (Å²) in [5.41, 5.74) is -0.312. The van der Waals surface area contributed by atoms with E-state index in [1.807, 2.05) is 18.2 Å². The molecule has 1 atom stereocenters. The van der Waals surface area contributed by atoms with Crippen LogP contribution in [0.3, 0.4) is 0 Å². The molecular formula is C16H29NO3S. The Morgan fingerprint density at radius 2 is 1.86 bits per heavy atom. The summed E-state index contributed by atoms with van der Waals surface area (Å²) in [7, 11) is 1.87. The van der Waals surface area contributed by atoms with Crippen LogP contribution < -0.4 is 0 Å². The van der Waals surface area contributed by atoms with Crippen molar-refractivity contribution in [2.24, 2.45) is 5.41 Å². The number of hydrogen-bond acceptors (Lipinski definition) is 3. The lowest BCUT2D eigenvalue weighted by Crippen LogP contribution is -2.42. The fraction of sp³-hybridized carbons (Fsp3) is 0.875. The maximum absolute atomic E-state index is 12.6. The van der Waals surface area contributed by atoms with E-state index < -0.39 is 5.97 Å². The number of carbonyl (C=O) groups excluding carboxylic acids is 1. The summed E-state index contributed by atoms with van der Waals surface area (Å²) in [6, 6.07) is 0.248. The van der Waals surface area contributed by atoms with Gasteiger partial charge in [-0.15, -0.1) is 0 Å². The topological polar surface area (TPSA) is 57.6 Å². The van der Waals surface area contributed by atoms with Crippen molar-refractivity contribution in [3.8, 4) is 0 Å². The van der Waals surface area contributed by atoms with Gasteiger partial charge in [-0.3, -0.25) is 9.59 Å². The van der Waals surface area contributed by atoms with Gasteiger partial charge in [-0.2, -0.15) is 11.8 Å². The van der Waals surface area contributed by atoms with Gasteiger partial charge in [0.1, 0.15) is 0 Å². The molecule has 0 aromatic carbocycles. The van der Waals surface area contributed by atoms with Crippen LogP contribution in [-0.2, 0) is 9.59 Å². The molecule has 1 saturated carbocycles. The summed E-state index contributed by atoms with van der Waals surface area (Å²) < 4.78 is 0. The number of carboxylic acid groups (broad SMARTS) is 1. The molecule has 1 amide bonds. The number of carbonyl (C=O) groups is 2. The van der Waals surface area contributed by atoms with E-state index in [0.717, 1.165) is 44.3 Å². The summed E-state index contributed by atoms with van der Waals surface area (Å²) in [4.78, 5) is 25.6. The van der Waals surface area contributed by atoms with E-state index in [0.29, 0.717) is 6.42 Å². The van der Waals surface area contributed by atoms with Crippen molar-refractivity contribution < 1.29 is 14.7 Å². The molecule has 1 aliphatic rings. The number of rotatable bonds is 8. The second kappa shape index (κ2) is 8.66. The molecule has 1 rings (SSSR count). The zero-order chi connectivity index (χ0) is 15.9. The van der Waals surface area contributed by atoms with E-state index in [1.54, 1.807) is 11.8 Å². The summed E-state index contributed by atoms with van der Waals surface area (Å²) in [5, 5.41) is 9.19. The minimum Gasteiger partial charge on any atom is -0.481 e. The second-order valence-electron chi connectivity index (χ2n) is 6.33. The predicted molar refractivity (Wildman–Crippen MR) is 87.6 cm³/mol. The van der Waals surface area contributed by atoms with E-state index >= 15 is 0 Å². The van der Waals surface area contributed by atoms with E-state index in [2.05, 4.69) is 6.92 Å². The highest BCUT2D eigenvalue weighted by Crippen LogP contribution is 2.42. The summed E-state index contributed by atoms with van der Waals surface area (Å²) in [6.45, 7) is 2.10. The molecule has 0 saturated heterocycles. The average Bonchev–Trinajstić information content (AvgIpc) is 2.43. The van der Waals surface area contributed by atoms with Crippen LogP contribution in [-0.4, -0.2) is 47.0 Å². The summed E-state index contributed by atoms with van der Waals surface area (Å²) >= 11 is 1.75. The molecule has 1 aliphatic carbocycles. The molecule has 0 aromatic heterocycles. The van der Waals surface area contributed by atoms with Gasteiger partial charge >= 0.3 is 5.97 Å². The Bertz CT molecular complexity index is 353. The Morgan fingerprint density at radius 3 is 2.33 bits per heavy atom. The minimum absolute atomic E-state index is 0.110. The Balaban J connectivity index is 2.73. The van der Waals surface area contributed by atoms with Crippen LogP contribution in [0.4, 0.5) is 0 Å². The summed E-state index contributed by atoms with van der Waals surface area (Å²) in [6.07, 6.45) is 8.51. The first-order valence-corrected chi connectivity index (χ1v) is 9.30. The van der Waals surface area contributed by atoms with E-state index in [9.17, 15) is 14.7 Å². The molecule has 4 nitrogen and oxygen atoms in total. The zero-order valence-corrected chi connectivity index (χ0v) is 14.4. The van der Waals surface area contributed by atoms with Crippen molar-refractivity contribution in [1.29, 1.82) is 0 Å². The molecule has 0 aliphatic heterocycles. The van der Waals surface area contributed by atoms with Crippen LogP contribution in [0.1, 0.15) is 58.3 Å². The lowest BCUT2D eigenvalue weighted by Gasteiger charge is -2.38. The molecule has 1 N–H and O–H groups in total. The van der Waals surface area contributed by atoms with Crippen LogP contribution in [0.5, 0.6) is 0 Å². The van der Waals surface area contributed by atoms with Crippen molar-refractivity contribution in [2.45, 2.75) is 64.3 Å². The zero-order valence-electron chi connectivity index (χ0n) is 13.6. The SMILES string of the molecule is CCC(CSC)N(C)C(=O)CC1(CC(=O)O)CCCCC1. The van der Waals surface area contributed by atoms with Crippen LogP contribution in [0, 0.1) is 5.41 Å². The number of amides is 1. The fourth-order valence-corrected chi connectivity index (χ4v) is 4.23. The molecule has 1 unspecified atom stereocenters. The quantitative estimate of drug-likeness (QED) is 0.746. The molecule has 0 bridgehead atoms. The lowest BCUT2D eigenvalue weighted by molar-refractivity contribution is -0.142. The molecule has 1 fully saturated rings. The van der Waals surface area contributed by atoms with Gasteiger partial charge in [0, 0.05) is 25.3 Å². The van der Waals surface area contributed by atoms with Gasteiger partial charge in [0.2, 0.25) is 5.91 Å². The number of carboxylic acids is 1. The summed E-state index contributed by atoms with van der Waals surface area (Å²) in [5.74, 6) is 0.271. The molecule has 0 aromatic rings. The van der Waals surface area contributed by atoms with Crippen LogP contribution in [0.25, 0.3) is 0 Å². The third-order valence-corrected chi connectivity index (χ3v) is 5.46. The van der Waals surface area contributed by atoms with Gasteiger partial charge in [-0.1, -0.05) is 26.2 Å². The van der Waals surface area contributed by atoms with E-state index in [4.69, 9.17) is 0 Å². The van der Waals surface area contributed by atoms with Gasteiger partial charge in [0.25, 0.3) is 0 Å². The van der Waals surface area contributed by atoms with Gasteiger partial charge < -0.3 is 10.0 Å². The third-order valence-electron chi connectivity index (χ3n) is 4.74. The lowest BCUT2D eigenvalue weighted by atomic mass is 9.69. The Hall–Kier alpha value is -0.710. The van der Waals surface area contributed by atoms with E-state index in [-0.39, 0.29) is 23.8 Å². The third kappa shape index (κ3) is 5.53. The smallest absolute Gasteiger partial charge is 0.303 e.